The van der Waals surface area contributed by atoms with Gasteiger partial charge in [0.15, 0.2) is 0 Å². The van der Waals surface area contributed by atoms with Crippen molar-refractivity contribution in [3.05, 3.63) is 47.2 Å². The summed E-state index contributed by atoms with van der Waals surface area (Å²) in [5, 5.41) is 8.83. The Bertz CT molecular complexity index is 342. The molecule has 1 aromatic carbocycles. The van der Waals surface area contributed by atoms with Gasteiger partial charge in [0.2, 0.25) is 0 Å². The molecule has 0 amide bonds. The third-order valence-electron chi connectivity index (χ3n) is 2.29. The van der Waals surface area contributed by atoms with E-state index in [9.17, 15) is 0 Å². The van der Waals surface area contributed by atoms with Crippen molar-refractivity contribution < 1.29 is 9.84 Å². The Kier molecular flexibility index (Phi) is 4.37. The topological polar surface area (TPSA) is 29.5 Å². The van der Waals surface area contributed by atoms with Gasteiger partial charge in [0.25, 0.3) is 0 Å². The highest BCUT2D eigenvalue weighted by Crippen LogP contribution is 2.11. The summed E-state index contributed by atoms with van der Waals surface area (Å²) in [6.45, 7) is 8.38. The molecule has 2 nitrogen and oxygen atoms in total. The summed E-state index contributed by atoms with van der Waals surface area (Å²) in [5.74, 6) is 0.0796. The number of aliphatic hydroxyl groups is 1. The summed E-state index contributed by atoms with van der Waals surface area (Å²) >= 11 is 0. The molecular formula is C13H18O2. The highest BCUT2D eigenvalue weighted by Gasteiger charge is 1.99. The van der Waals surface area contributed by atoms with Crippen molar-refractivity contribution in [1.82, 2.24) is 0 Å². The van der Waals surface area contributed by atoms with Crippen molar-refractivity contribution in [2.45, 2.75) is 20.3 Å². The number of hydrogen-bond acceptors (Lipinski definition) is 2. The lowest BCUT2D eigenvalue weighted by molar-refractivity contribution is 0.131. The van der Waals surface area contributed by atoms with Crippen LogP contribution in [0.15, 0.2) is 30.5 Å². The third kappa shape index (κ3) is 4.17. The summed E-state index contributed by atoms with van der Waals surface area (Å²) in [4.78, 5) is 0. The first kappa shape index (κ1) is 11.8. The monoisotopic (exact) mass is 206 g/mol. The van der Waals surface area contributed by atoms with Crippen LogP contribution in [0.5, 0.6) is 0 Å². The van der Waals surface area contributed by atoms with Crippen LogP contribution in [0.3, 0.4) is 0 Å². The molecule has 0 heterocycles. The van der Waals surface area contributed by atoms with Crippen molar-refractivity contribution in [1.29, 1.82) is 0 Å². The van der Waals surface area contributed by atoms with E-state index in [1.807, 2.05) is 0 Å². The highest BCUT2D eigenvalue weighted by atomic mass is 16.5. The lowest BCUT2D eigenvalue weighted by Crippen LogP contribution is -2.03. The number of ether oxygens (including phenoxy) is 1. The third-order valence-corrected chi connectivity index (χ3v) is 2.29. The Hall–Kier alpha value is -1.28. The Morgan fingerprint density at radius 2 is 2.13 bits per heavy atom. The second-order valence-corrected chi connectivity index (χ2v) is 3.80. The zero-order valence-electron chi connectivity index (χ0n) is 9.42. The molecule has 0 radical (unpaired) electrons. The standard InChI is InChI=1S/C13H18O2/c1-10-4-5-11(2)13(8-10)6-7-15-9-12(3)14/h4-5,8,14H,3,6-7,9H2,1-2H3. The molecule has 0 aliphatic rings. The predicted octanol–water partition coefficient (Wildman–Crippen LogP) is 2.93. The van der Waals surface area contributed by atoms with Crippen LogP contribution in [0.4, 0.5) is 0 Å². The van der Waals surface area contributed by atoms with Crippen LogP contribution in [0.25, 0.3) is 0 Å². The van der Waals surface area contributed by atoms with Gasteiger partial charge >= 0.3 is 0 Å². The van der Waals surface area contributed by atoms with Gasteiger partial charge in [-0.05, 0) is 31.4 Å². The molecule has 0 bridgehead atoms. The maximum absolute atomic E-state index is 8.83. The molecule has 0 aliphatic heterocycles. The average molecular weight is 206 g/mol. The van der Waals surface area contributed by atoms with E-state index in [4.69, 9.17) is 9.84 Å². The molecule has 0 aliphatic carbocycles. The summed E-state index contributed by atoms with van der Waals surface area (Å²) in [6.07, 6.45) is 0.876. The quantitative estimate of drug-likeness (QED) is 0.593. The van der Waals surface area contributed by atoms with Gasteiger partial charge in [-0.3, -0.25) is 0 Å². The van der Waals surface area contributed by atoms with E-state index in [0.29, 0.717) is 6.61 Å². The second kappa shape index (κ2) is 5.56. The summed E-state index contributed by atoms with van der Waals surface area (Å²) in [5.41, 5.74) is 3.85. The van der Waals surface area contributed by atoms with E-state index in [-0.39, 0.29) is 12.4 Å². The zero-order chi connectivity index (χ0) is 11.3. The van der Waals surface area contributed by atoms with Crippen molar-refractivity contribution in [2.24, 2.45) is 0 Å². The summed E-state index contributed by atoms with van der Waals surface area (Å²) < 4.78 is 5.24. The van der Waals surface area contributed by atoms with E-state index in [1.54, 1.807) is 0 Å². The normalized spacial score (nSPS) is 10.3. The number of aryl methyl sites for hydroxylation is 2. The first-order valence-corrected chi connectivity index (χ1v) is 5.10. The Morgan fingerprint density at radius 3 is 2.80 bits per heavy atom. The smallest absolute Gasteiger partial charge is 0.111 e. The van der Waals surface area contributed by atoms with Crippen LogP contribution in [0.2, 0.25) is 0 Å². The van der Waals surface area contributed by atoms with Crippen LogP contribution < -0.4 is 0 Å². The molecule has 0 unspecified atom stereocenters. The number of hydrogen-bond donors (Lipinski definition) is 1. The fourth-order valence-corrected chi connectivity index (χ4v) is 1.44. The van der Waals surface area contributed by atoms with Gasteiger partial charge in [0.05, 0.1) is 6.61 Å². The zero-order valence-corrected chi connectivity index (χ0v) is 9.42. The van der Waals surface area contributed by atoms with Crippen molar-refractivity contribution in [3.8, 4) is 0 Å². The SMILES string of the molecule is C=C(O)COCCc1cc(C)ccc1C. The molecule has 0 fully saturated rings. The van der Waals surface area contributed by atoms with Crippen LogP contribution in [-0.2, 0) is 11.2 Å². The van der Waals surface area contributed by atoms with E-state index < -0.39 is 0 Å². The van der Waals surface area contributed by atoms with Crippen LogP contribution in [-0.4, -0.2) is 18.3 Å². The van der Waals surface area contributed by atoms with Gasteiger partial charge in [0, 0.05) is 0 Å². The minimum Gasteiger partial charge on any atom is -0.510 e. The van der Waals surface area contributed by atoms with Crippen LogP contribution in [0, 0.1) is 13.8 Å². The van der Waals surface area contributed by atoms with Gasteiger partial charge in [-0.1, -0.05) is 30.3 Å². The van der Waals surface area contributed by atoms with Gasteiger partial charge in [-0.25, -0.2) is 0 Å². The minimum atomic E-state index is 0.0796. The molecule has 1 N–H and O–H groups in total. The minimum absolute atomic E-state index is 0.0796. The number of aliphatic hydroxyl groups excluding tert-OH is 1. The molecule has 1 aromatic rings. The fourth-order valence-electron chi connectivity index (χ4n) is 1.44. The Morgan fingerprint density at radius 1 is 1.40 bits per heavy atom. The Labute approximate surface area is 91.2 Å². The molecule has 0 atom stereocenters. The van der Waals surface area contributed by atoms with Crippen molar-refractivity contribution >= 4 is 0 Å². The molecule has 0 spiro atoms. The molecule has 1 rings (SSSR count). The maximum Gasteiger partial charge on any atom is 0.111 e. The van der Waals surface area contributed by atoms with E-state index >= 15 is 0 Å². The number of benzene rings is 1. The van der Waals surface area contributed by atoms with Gasteiger partial charge in [0.1, 0.15) is 12.4 Å². The average Bonchev–Trinajstić information content (AvgIpc) is 2.17. The summed E-state index contributed by atoms with van der Waals surface area (Å²) in [7, 11) is 0. The van der Waals surface area contributed by atoms with E-state index in [1.165, 1.54) is 16.7 Å². The van der Waals surface area contributed by atoms with E-state index in [2.05, 4.69) is 38.6 Å². The molecule has 0 aromatic heterocycles. The van der Waals surface area contributed by atoms with Gasteiger partial charge in [-0.2, -0.15) is 0 Å². The first-order chi connectivity index (χ1) is 7.09. The molecule has 82 valence electrons. The largest absolute Gasteiger partial charge is 0.510 e. The molecule has 0 saturated carbocycles. The Balaban J connectivity index is 2.43. The number of rotatable bonds is 5. The molecule has 15 heavy (non-hydrogen) atoms. The van der Waals surface area contributed by atoms with Crippen LogP contribution in [0.1, 0.15) is 16.7 Å². The van der Waals surface area contributed by atoms with Gasteiger partial charge < -0.3 is 9.84 Å². The lowest BCUT2D eigenvalue weighted by atomic mass is 10.0. The lowest BCUT2D eigenvalue weighted by Gasteiger charge is -2.07. The highest BCUT2D eigenvalue weighted by molar-refractivity contribution is 5.30. The van der Waals surface area contributed by atoms with Gasteiger partial charge in [-0.15, -0.1) is 0 Å². The maximum atomic E-state index is 8.83. The molecular weight excluding hydrogens is 188 g/mol. The van der Waals surface area contributed by atoms with Crippen LogP contribution >= 0.6 is 0 Å². The molecule has 0 saturated heterocycles. The fraction of sp³-hybridized carbons (Fsp3) is 0.385. The summed E-state index contributed by atoms with van der Waals surface area (Å²) in [6, 6.07) is 6.40. The second-order valence-electron chi connectivity index (χ2n) is 3.80. The van der Waals surface area contributed by atoms with E-state index in [0.717, 1.165) is 6.42 Å². The van der Waals surface area contributed by atoms with Crippen molar-refractivity contribution in [3.63, 3.8) is 0 Å². The first-order valence-electron chi connectivity index (χ1n) is 5.10. The predicted molar refractivity (Wildman–Crippen MR) is 62.2 cm³/mol. The molecule has 2 heteroatoms. The van der Waals surface area contributed by atoms with Crippen molar-refractivity contribution in [2.75, 3.05) is 13.2 Å².